The summed E-state index contributed by atoms with van der Waals surface area (Å²) in [5.41, 5.74) is 1.11. The van der Waals surface area contributed by atoms with Crippen molar-refractivity contribution < 1.29 is 13.9 Å². The lowest BCUT2D eigenvalue weighted by Gasteiger charge is -2.09. The molecule has 0 radical (unpaired) electrons. The third-order valence-electron chi connectivity index (χ3n) is 3.29. The topological polar surface area (TPSA) is 67.0 Å². The number of halogens is 2. The third kappa shape index (κ3) is 2.55. The fraction of sp³-hybridized carbons (Fsp3) is 0.385. The Labute approximate surface area is 123 Å². The number of nitrogens with one attached hydrogen (secondary N) is 2. The highest BCUT2D eigenvalue weighted by molar-refractivity contribution is 9.10. The second kappa shape index (κ2) is 5.14. The van der Waals surface area contributed by atoms with Crippen molar-refractivity contribution in [2.45, 2.75) is 32.0 Å². The van der Waals surface area contributed by atoms with Gasteiger partial charge in [0.2, 0.25) is 5.95 Å². The van der Waals surface area contributed by atoms with Gasteiger partial charge in [0.1, 0.15) is 11.9 Å². The molecule has 106 valence electrons. The minimum atomic E-state index is -0.443. The van der Waals surface area contributed by atoms with Crippen molar-refractivity contribution in [2.24, 2.45) is 0 Å². The fourth-order valence-electron chi connectivity index (χ4n) is 2.26. The van der Waals surface area contributed by atoms with Gasteiger partial charge in [-0.25, -0.2) is 9.37 Å². The van der Waals surface area contributed by atoms with Gasteiger partial charge in [-0.05, 0) is 41.8 Å². The predicted molar refractivity (Wildman–Crippen MR) is 76.0 cm³/mol. The largest absolute Gasteiger partial charge is 0.365 e. The summed E-state index contributed by atoms with van der Waals surface area (Å²) in [6.45, 7) is 1.94. The molecule has 1 aliphatic rings. The van der Waals surface area contributed by atoms with Crippen molar-refractivity contribution in [1.29, 1.82) is 0 Å². The standard InChI is InChI=1S/C13H13BrFN3O2/c1-6-2-3-11(20-6)12(19)18-13-16-9-4-7(14)8(15)5-10(9)17-13/h4-6,11H,2-3H2,1H3,(H2,16,17,18,19)/t6-,11-/m1/s1. The van der Waals surface area contributed by atoms with E-state index in [4.69, 9.17) is 4.74 Å². The maximum Gasteiger partial charge on any atom is 0.255 e. The molecule has 1 amide bonds. The molecule has 5 nitrogen and oxygen atoms in total. The van der Waals surface area contributed by atoms with Gasteiger partial charge in [0.25, 0.3) is 5.91 Å². The van der Waals surface area contributed by atoms with E-state index >= 15 is 0 Å². The van der Waals surface area contributed by atoms with Crippen LogP contribution >= 0.6 is 15.9 Å². The number of amides is 1. The normalized spacial score (nSPS) is 22.4. The minimum absolute atomic E-state index is 0.103. The molecule has 1 aromatic carbocycles. The molecule has 1 aromatic heterocycles. The number of anilines is 1. The summed E-state index contributed by atoms with van der Waals surface area (Å²) >= 11 is 3.10. The average Bonchev–Trinajstić information content (AvgIpc) is 2.96. The number of ether oxygens (including phenoxy) is 1. The molecule has 0 aliphatic carbocycles. The molecular weight excluding hydrogens is 329 g/mol. The molecule has 0 bridgehead atoms. The predicted octanol–water partition coefficient (Wildman–Crippen LogP) is 2.97. The van der Waals surface area contributed by atoms with Crippen LogP contribution < -0.4 is 5.32 Å². The van der Waals surface area contributed by atoms with Crippen LogP contribution in [-0.4, -0.2) is 28.1 Å². The summed E-state index contributed by atoms with van der Waals surface area (Å²) in [4.78, 5) is 19.1. The molecule has 1 aliphatic heterocycles. The first-order chi connectivity index (χ1) is 9.52. The summed E-state index contributed by atoms with van der Waals surface area (Å²) in [6, 6.07) is 2.89. The highest BCUT2D eigenvalue weighted by Crippen LogP contribution is 2.24. The summed E-state index contributed by atoms with van der Waals surface area (Å²) in [6.07, 6.45) is 1.23. The second-order valence-electron chi connectivity index (χ2n) is 4.87. The number of carbonyl (C=O) groups is 1. The third-order valence-corrected chi connectivity index (χ3v) is 3.90. The van der Waals surface area contributed by atoms with E-state index in [1.54, 1.807) is 6.07 Å². The number of aromatic nitrogens is 2. The number of aromatic amines is 1. The molecule has 1 saturated heterocycles. The maximum atomic E-state index is 13.4. The highest BCUT2D eigenvalue weighted by atomic mass is 79.9. The minimum Gasteiger partial charge on any atom is -0.365 e. The monoisotopic (exact) mass is 341 g/mol. The van der Waals surface area contributed by atoms with Crippen molar-refractivity contribution in [3.05, 3.63) is 22.4 Å². The number of rotatable bonds is 2. The van der Waals surface area contributed by atoms with Gasteiger partial charge >= 0.3 is 0 Å². The van der Waals surface area contributed by atoms with Crippen LogP contribution in [0.25, 0.3) is 11.0 Å². The van der Waals surface area contributed by atoms with E-state index in [0.717, 1.165) is 6.42 Å². The van der Waals surface area contributed by atoms with Gasteiger partial charge < -0.3 is 9.72 Å². The van der Waals surface area contributed by atoms with Crippen LogP contribution in [0.3, 0.4) is 0 Å². The van der Waals surface area contributed by atoms with Gasteiger partial charge in [0.15, 0.2) is 0 Å². The maximum absolute atomic E-state index is 13.4. The Balaban J connectivity index is 1.79. The first kappa shape index (κ1) is 13.5. The van der Waals surface area contributed by atoms with Crippen LogP contribution in [0.5, 0.6) is 0 Å². The van der Waals surface area contributed by atoms with Gasteiger partial charge in [0, 0.05) is 6.07 Å². The lowest BCUT2D eigenvalue weighted by molar-refractivity contribution is -0.126. The highest BCUT2D eigenvalue weighted by Gasteiger charge is 2.28. The van der Waals surface area contributed by atoms with E-state index in [2.05, 4.69) is 31.2 Å². The molecular formula is C13H13BrFN3O2. The Hall–Kier alpha value is -1.47. The molecule has 20 heavy (non-hydrogen) atoms. The van der Waals surface area contributed by atoms with Crippen molar-refractivity contribution in [2.75, 3.05) is 5.32 Å². The molecule has 3 rings (SSSR count). The molecule has 2 atom stereocenters. The number of fused-ring (bicyclic) bond motifs is 1. The van der Waals surface area contributed by atoms with Crippen LogP contribution in [-0.2, 0) is 9.53 Å². The van der Waals surface area contributed by atoms with E-state index in [1.807, 2.05) is 6.92 Å². The Morgan fingerprint density at radius 3 is 3.05 bits per heavy atom. The smallest absolute Gasteiger partial charge is 0.255 e. The number of carbonyl (C=O) groups excluding carboxylic acids is 1. The van der Waals surface area contributed by atoms with Crippen LogP contribution in [0.4, 0.5) is 10.3 Å². The van der Waals surface area contributed by atoms with E-state index in [-0.39, 0.29) is 17.8 Å². The molecule has 7 heteroatoms. The number of hydrogen-bond acceptors (Lipinski definition) is 3. The SMILES string of the molecule is C[C@@H]1CC[C@H](C(=O)Nc2nc3cc(Br)c(F)cc3[nH]2)O1. The fourth-order valence-corrected chi connectivity index (χ4v) is 2.59. The molecule has 1 fully saturated rings. The van der Waals surface area contributed by atoms with Crippen LogP contribution in [0.1, 0.15) is 19.8 Å². The van der Waals surface area contributed by atoms with Crippen molar-refractivity contribution >= 4 is 38.8 Å². The van der Waals surface area contributed by atoms with Crippen molar-refractivity contribution in [1.82, 2.24) is 9.97 Å². The van der Waals surface area contributed by atoms with Gasteiger partial charge in [-0.15, -0.1) is 0 Å². The first-order valence-electron chi connectivity index (χ1n) is 6.34. The van der Waals surface area contributed by atoms with E-state index in [0.29, 0.717) is 27.9 Å². The van der Waals surface area contributed by atoms with Gasteiger partial charge in [-0.2, -0.15) is 0 Å². The molecule has 2 heterocycles. The lowest BCUT2D eigenvalue weighted by Crippen LogP contribution is -2.28. The van der Waals surface area contributed by atoms with E-state index < -0.39 is 6.10 Å². The molecule has 0 unspecified atom stereocenters. The second-order valence-corrected chi connectivity index (χ2v) is 5.73. The Bertz CT molecular complexity index is 634. The van der Waals surface area contributed by atoms with Crippen molar-refractivity contribution in [3.8, 4) is 0 Å². The number of hydrogen-bond donors (Lipinski definition) is 2. The Morgan fingerprint density at radius 2 is 2.35 bits per heavy atom. The molecule has 2 aromatic rings. The molecule has 0 spiro atoms. The number of imidazole rings is 1. The zero-order chi connectivity index (χ0) is 14.3. The summed E-state index contributed by atoms with van der Waals surface area (Å²) in [5, 5.41) is 2.66. The average molecular weight is 342 g/mol. The van der Waals surface area contributed by atoms with Gasteiger partial charge in [-0.3, -0.25) is 10.1 Å². The zero-order valence-corrected chi connectivity index (χ0v) is 12.3. The number of H-pyrrole nitrogens is 1. The van der Waals surface area contributed by atoms with Crippen molar-refractivity contribution in [3.63, 3.8) is 0 Å². The van der Waals surface area contributed by atoms with E-state index in [1.165, 1.54) is 6.07 Å². The summed E-state index contributed by atoms with van der Waals surface area (Å²) in [7, 11) is 0. The lowest BCUT2D eigenvalue weighted by atomic mass is 10.2. The van der Waals surface area contributed by atoms with Gasteiger partial charge in [0.05, 0.1) is 21.6 Å². The number of nitrogens with zero attached hydrogens (tertiary/aromatic N) is 1. The number of benzene rings is 1. The van der Waals surface area contributed by atoms with Gasteiger partial charge in [-0.1, -0.05) is 0 Å². The van der Waals surface area contributed by atoms with Crippen LogP contribution in [0, 0.1) is 5.82 Å². The quantitative estimate of drug-likeness (QED) is 0.882. The van der Waals surface area contributed by atoms with Crippen LogP contribution in [0.2, 0.25) is 0 Å². The summed E-state index contributed by atoms with van der Waals surface area (Å²) in [5.74, 6) is -0.314. The first-order valence-corrected chi connectivity index (χ1v) is 7.13. The van der Waals surface area contributed by atoms with E-state index in [9.17, 15) is 9.18 Å². The molecule has 2 N–H and O–H groups in total. The summed E-state index contributed by atoms with van der Waals surface area (Å²) < 4.78 is 19.2. The van der Waals surface area contributed by atoms with Crippen LogP contribution in [0.15, 0.2) is 16.6 Å². The Kier molecular flexibility index (Phi) is 3.47. The zero-order valence-electron chi connectivity index (χ0n) is 10.7. The Morgan fingerprint density at radius 1 is 1.55 bits per heavy atom. The molecule has 0 saturated carbocycles.